The third-order valence-corrected chi connectivity index (χ3v) is 4.63. The standard InChI is InChI=1S/C17H33NO2/c1-2-12-18-16-10-5-3-4-6-11-17(16)20-14-15-9-7-8-13-19-15/h15-18H,2-14H2,1H3. The highest BCUT2D eigenvalue weighted by Crippen LogP contribution is 2.22. The van der Waals surface area contributed by atoms with E-state index in [1.807, 2.05) is 0 Å². The van der Waals surface area contributed by atoms with Gasteiger partial charge in [-0.2, -0.15) is 0 Å². The SMILES string of the molecule is CCCNC1CCCCCCC1OCC1CCCCO1. The van der Waals surface area contributed by atoms with E-state index < -0.39 is 0 Å². The Morgan fingerprint density at radius 1 is 1.00 bits per heavy atom. The fraction of sp³-hybridized carbons (Fsp3) is 1.00. The van der Waals surface area contributed by atoms with Crippen LogP contribution in [0, 0.1) is 0 Å². The van der Waals surface area contributed by atoms with E-state index in [2.05, 4.69) is 12.2 Å². The van der Waals surface area contributed by atoms with Gasteiger partial charge in [0.1, 0.15) is 0 Å². The molecule has 0 aromatic heterocycles. The molecule has 3 nitrogen and oxygen atoms in total. The van der Waals surface area contributed by atoms with Gasteiger partial charge in [-0.1, -0.05) is 32.6 Å². The van der Waals surface area contributed by atoms with E-state index in [1.54, 1.807) is 0 Å². The quantitative estimate of drug-likeness (QED) is 0.807. The first-order valence-corrected chi connectivity index (χ1v) is 8.86. The Balaban J connectivity index is 1.78. The van der Waals surface area contributed by atoms with Crippen LogP contribution in [0.4, 0.5) is 0 Å². The van der Waals surface area contributed by atoms with Crippen molar-refractivity contribution in [2.24, 2.45) is 0 Å². The molecule has 1 aliphatic heterocycles. The minimum atomic E-state index is 0.348. The number of ether oxygens (including phenoxy) is 2. The highest BCUT2D eigenvalue weighted by Gasteiger charge is 2.24. The van der Waals surface area contributed by atoms with Gasteiger partial charge in [0.15, 0.2) is 0 Å². The van der Waals surface area contributed by atoms with Crippen LogP contribution in [0.25, 0.3) is 0 Å². The lowest BCUT2D eigenvalue weighted by Gasteiger charge is -2.32. The first-order chi connectivity index (χ1) is 9.90. The second-order valence-corrected chi connectivity index (χ2v) is 6.41. The predicted molar refractivity (Wildman–Crippen MR) is 83.1 cm³/mol. The van der Waals surface area contributed by atoms with E-state index in [4.69, 9.17) is 9.47 Å². The van der Waals surface area contributed by atoms with Gasteiger partial charge in [-0.05, 0) is 45.1 Å². The summed E-state index contributed by atoms with van der Waals surface area (Å²) in [6.07, 6.45) is 13.6. The average molecular weight is 283 g/mol. The van der Waals surface area contributed by atoms with Crippen LogP contribution in [0.15, 0.2) is 0 Å². The van der Waals surface area contributed by atoms with Crippen molar-refractivity contribution in [3.05, 3.63) is 0 Å². The van der Waals surface area contributed by atoms with Crippen molar-refractivity contribution in [2.75, 3.05) is 19.8 Å². The second-order valence-electron chi connectivity index (χ2n) is 6.41. The van der Waals surface area contributed by atoms with Gasteiger partial charge in [-0.25, -0.2) is 0 Å². The van der Waals surface area contributed by atoms with E-state index >= 15 is 0 Å². The van der Waals surface area contributed by atoms with Gasteiger partial charge in [0.25, 0.3) is 0 Å². The van der Waals surface area contributed by atoms with Crippen LogP contribution in [0.2, 0.25) is 0 Å². The minimum absolute atomic E-state index is 0.348. The Morgan fingerprint density at radius 3 is 2.55 bits per heavy atom. The summed E-state index contributed by atoms with van der Waals surface area (Å²) in [7, 11) is 0. The summed E-state index contributed by atoms with van der Waals surface area (Å²) in [5.74, 6) is 0. The van der Waals surface area contributed by atoms with Gasteiger partial charge in [0.2, 0.25) is 0 Å². The molecule has 2 fully saturated rings. The lowest BCUT2D eigenvalue weighted by atomic mass is 9.94. The Hall–Kier alpha value is -0.120. The van der Waals surface area contributed by atoms with Crippen molar-refractivity contribution in [3.8, 4) is 0 Å². The summed E-state index contributed by atoms with van der Waals surface area (Å²) < 4.78 is 12.1. The normalized spacial score (nSPS) is 32.5. The fourth-order valence-corrected chi connectivity index (χ4v) is 3.38. The molecule has 0 amide bonds. The second kappa shape index (κ2) is 9.75. The number of rotatable bonds is 6. The van der Waals surface area contributed by atoms with Gasteiger partial charge in [0.05, 0.1) is 18.8 Å². The van der Waals surface area contributed by atoms with Crippen LogP contribution >= 0.6 is 0 Å². The molecule has 0 aromatic rings. The molecular formula is C17H33NO2. The molecule has 3 unspecified atom stereocenters. The highest BCUT2D eigenvalue weighted by atomic mass is 16.5. The van der Waals surface area contributed by atoms with Crippen LogP contribution in [0.5, 0.6) is 0 Å². The van der Waals surface area contributed by atoms with Crippen molar-refractivity contribution >= 4 is 0 Å². The summed E-state index contributed by atoms with van der Waals surface area (Å²) in [5.41, 5.74) is 0. The van der Waals surface area contributed by atoms with E-state index in [0.29, 0.717) is 18.2 Å². The topological polar surface area (TPSA) is 30.5 Å². The molecular weight excluding hydrogens is 250 g/mol. The zero-order chi connectivity index (χ0) is 14.0. The molecule has 3 atom stereocenters. The summed E-state index contributed by atoms with van der Waals surface area (Å²) in [6, 6.07) is 0.554. The molecule has 3 heteroatoms. The number of hydrogen-bond donors (Lipinski definition) is 1. The van der Waals surface area contributed by atoms with E-state index in [1.165, 1.54) is 64.2 Å². The first-order valence-electron chi connectivity index (χ1n) is 8.86. The lowest BCUT2D eigenvalue weighted by Crippen LogP contribution is -2.43. The van der Waals surface area contributed by atoms with E-state index in [0.717, 1.165) is 19.8 Å². The van der Waals surface area contributed by atoms with Crippen LogP contribution < -0.4 is 5.32 Å². The smallest absolute Gasteiger partial charge is 0.0808 e. The third-order valence-electron chi connectivity index (χ3n) is 4.63. The number of nitrogens with one attached hydrogen (secondary N) is 1. The Bertz CT molecular complexity index is 239. The number of hydrogen-bond acceptors (Lipinski definition) is 3. The van der Waals surface area contributed by atoms with Crippen LogP contribution in [0.1, 0.15) is 71.1 Å². The van der Waals surface area contributed by atoms with E-state index in [-0.39, 0.29) is 0 Å². The summed E-state index contributed by atoms with van der Waals surface area (Å²) >= 11 is 0. The lowest BCUT2D eigenvalue weighted by molar-refractivity contribution is -0.0746. The van der Waals surface area contributed by atoms with Crippen molar-refractivity contribution in [2.45, 2.75) is 89.4 Å². The maximum absolute atomic E-state index is 6.28. The molecule has 2 rings (SSSR count). The highest BCUT2D eigenvalue weighted by molar-refractivity contribution is 4.80. The molecule has 1 heterocycles. The Labute approximate surface area is 124 Å². The molecule has 20 heavy (non-hydrogen) atoms. The van der Waals surface area contributed by atoms with Gasteiger partial charge >= 0.3 is 0 Å². The molecule has 0 bridgehead atoms. The van der Waals surface area contributed by atoms with Crippen molar-refractivity contribution in [1.29, 1.82) is 0 Å². The Kier molecular flexibility index (Phi) is 7.92. The van der Waals surface area contributed by atoms with Gasteiger partial charge < -0.3 is 14.8 Å². The fourth-order valence-electron chi connectivity index (χ4n) is 3.38. The molecule has 118 valence electrons. The summed E-state index contributed by atoms with van der Waals surface area (Å²) in [4.78, 5) is 0. The van der Waals surface area contributed by atoms with Crippen molar-refractivity contribution < 1.29 is 9.47 Å². The van der Waals surface area contributed by atoms with Crippen LogP contribution in [0.3, 0.4) is 0 Å². The molecule has 0 aromatic carbocycles. The zero-order valence-electron chi connectivity index (χ0n) is 13.2. The van der Waals surface area contributed by atoms with Crippen LogP contribution in [-0.2, 0) is 9.47 Å². The van der Waals surface area contributed by atoms with Crippen molar-refractivity contribution in [1.82, 2.24) is 5.32 Å². The zero-order valence-corrected chi connectivity index (χ0v) is 13.2. The molecule has 0 radical (unpaired) electrons. The Morgan fingerprint density at radius 2 is 1.80 bits per heavy atom. The van der Waals surface area contributed by atoms with Gasteiger partial charge in [-0.15, -0.1) is 0 Å². The molecule has 1 N–H and O–H groups in total. The third kappa shape index (κ3) is 5.71. The molecule has 1 aliphatic carbocycles. The maximum atomic E-state index is 6.28. The maximum Gasteiger partial charge on any atom is 0.0808 e. The molecule has 1 saturated heterocycles. The predicted octanol–water partition coefficient (Wildman–Crippen LogP) is 3.66. The molecule has 2 aliphatic rings. The molecule has 0 spiro atoms. The first kappa shape index (κ1) is 16.3. The summed E-state index contributed by atoms with van der Waals surface area (Å²) in [5, 5.41) is 3.71. The molecule has 1 saturated carbocycles. The monoisotopic (exact) mass is 283 g/mol. The van der Waals surface area contributed by atoms with Gasteiger partial charge in [-0.3, -0.25) is 0 Å². The van der Waals surface area contributed by atoms with Crippen molar-refractivity contribution in [3.63, 3.8) is 0 Å². The summed E-state index contributed by atoms with van der Waals surface area (Å²) in [6.45, 7) is 5.08. The average Bonchev–Trinajstić information content (AvgIpc) is 2.47. The largest absolute Gasteiger partial charge is 0.376 e. The van der Waals surface area contributed by atoms with Gasteiger partial charge in [0, 0.05) is 12.6 Å². The minimum Gasteiger partial charge on any atom is -0.376 e. The van der Waals surface area contributed by atoms with Crippen LogP contribution in [-0.4, -0.2) is 38.0 Å². The van der Waals surface area contributed by atoms with E-state index in [9.17, 15) is 0 Å².